The zero-order valence-corrected chi connectivity index (χ0v) is 11.7. The van der Waals surface area contributed by atoms with Crippen molar-refractivity contribution in [3.8, 4) is 5.69 Å². The zero-order chi connectivity index (χ0) is 14.2. The molecule has 1 aromatic carbocycles. The molecule has 1 saturated heterocycles. The molecule has 0 radical (unpaired) electrons. The predicted molar refractivity (Wildman–Crippen MR) is 75.3 cm³/mol. The highest BCUT2D eigenvalue weighted by atomic mass is 32.2. The molecule has 106 valence electrons. The number of rotatable bonds is 3. The fourth-order valence-corrected chi connectivity index (χ4v) is 4.47. The molecule has 5 nitrogen and oxygen atoms in total. The van der Waals surface area contributed by atoms with Crippen molar-refractivity contribution in [3.63, 3.8) is 0 Å². The van der Waals surface area contributed by atoms with Crippen LogP contribution < -0.4 is 0 Å². The summed E-state index contributed by atoms with van der Waals surface area (Å²) in [5, 5.41) is 14.7. The molecule has 20 heavy (non-hydrogen) atoms. The topological polar surface area (TPSA) is 72.2 Å². The summed E-state index contributed by atoms with van der Waals surface area (Å²) in [6.07, 6.45) is 1.31. The standard InChI is InChI=1S/C14H16N2O3S/c17-14(11-7-9-20(18,19)10-11)13-6-8-15-16(13)12-4-2-1-3-5-12/h1-6,8,11,14,17H,7,9-10H2. The van der Waals surface area contributed by atoms with Crippen LogP contribution in [-0.4, -0.2) is 34.8 Å². The van der Waals surface area contributed by atoms with E-state index in [4.69, 9.17) is 0 Å². The third-order valence-corrected chi connectivity index (χ3v) is 5.48. The van der Waals surface area contributed by atoms with Crippen LogP contribution in [0.5, 0.6) is 0 Å². The predicted octanol–water partition coefficient (Wildman–Crippen LogP) is 1.34. The minimum Gasteiger partial charge on any atom is -0.386 e. The van der Waals surface area contributed by atoms with Gasteiger partial charge in [0.2, 0.25) is 0 Å². The Morgan fingerprint density at radius 2 is 2.00 bits per heavy atom. The summed E-state index contributed by atoms with van der Waals surface area (Å²) in [7, 11) is -3.00. The van der Waals surface area contributed by atoms with Crippen LogP contribution in [0.3, 0.4) is 0 Å². The van der Waals surface area contributed by atoms with Crippen LogP contribution in [-0.2, 0) is 9.84 Å². The van der Waals surface area contributed by atoms with Gasteiger partial charge in [-0.2, -0.15) is 5.10 Å². The van der Waals surface area contributed by atoms with Gasteiger partial charge >= 0.3 is 0 Å². The third-order valence-electron chi connectivity index (χ3n) is 3.69. The Labute approximate surface area is 117 Å². The molecule has 2 heterocycles. The lowest BCUT2D eigenvalue weighted by atomic mass is 9.99. The summed E-state index contributed by atoms with van der Waals surface area (Å²) < 4.78 is 24.7. The Balaban J connectivity index is 1.90. The van der Waals surface area contributed by atoms with Crippen LogP contribution in [0.2, 0.25) is 0 Å². The Hall–Kier alpha value is -1.66. The normalized spacial score (nSPS) is 22.8. The van der Waals surface area contributed by atoms with Crippen molar-refractivity contribution in [1.29, 1.82) is 0 Å². The van der Waals surface area contributed by atoms with Gasteiger partial charge < -0.3 is 5.11 Å². The first-order chi connectivity index (χ1) is 9.57. The van der Waals surface area contributed by atoms with Crippen molar-refractivity contribution in [2.24, 2.45) is 5.92 Å². The number of benzene rings is 1. The molecule has 0 spiro atoms. The number of hydrogen-bond donors (Lipinski definition) is 1. The summed E-state index contributed by atoms with van der Waals surface area (Å²) in [5.74, 6) is -0.0401. The van der Waals surface area contributed by atoms with E-state index in [0.717, 1.165) is 5.69 Å². The van der Waals surface area contributed by atoms with Crippen LogP contribution in [0.15, 0.2) is 42.6 Å². The lowest BCUT2D eigenvalue weighted by molar-refractivity contribution is 0.114. The van der Waals surface area contributed by atoms with Gasteiger partial charge in [0.05, 0.1) is 29.0 Å². The van der Waals surface area contributed by atoms with Crippen molar-refractivity contribution < 1.29 is 13.5 Å². The molecule has 1 fully saturated rings. The molecular weight excluding hydrogens is 276 g/mol. The van der Waals surface area contributed by atoms with Gasteiger partial charge in [-0.15, -0.1) is 0 Å². The molecule has 1 N–H and O–H groups in total. The molecule has 1 aromatic heterocycles. The largest absolute Gasteiger partial charge is 0.386 e. The zero-order valence-electron chi connectivity index (χ0n) is 10.9. The second-order valence-electron chi connectivity index (χ2n) is 5.11. The first-order valence-corrected chi connectivity index (χ1v) is 8.37. The minimum atomic E-state index is -3.00. The summed E-state index contributed by atoms with van der Waals surface area (Å²) >= 11 is 0. The van der Waals surface area contributed by atoms with Crippen molar-refractivity contribution in [1.82, 2.24) is 9.78 Å². The molecule has 0 saturated carbocycles. The SMILES string of the molecule is O=S1(=O)CCC(C(O)c2ccnn2-c2ccccc2)C1. The molecule has 1 aliphatic rings. The van der Waals surface area contributed by atoms with Crippen molar-refractivity contribution in [2.75, 3.05) is 11.5 Å². The highest BCUT2D eigenvalue weighted by Crippen LogP contribution is 2.32. The highest BCUT2D eigenvalue weighted by Gasteiger charge is 2.34. The maximum Gasteiger partial charge on any atom is 0.150 e. The van der Waals surface area contributed by atoms with Gasteiger partial charge in [-0.05, 0) is 24.6 Å². The van der Waals surface area contributed by atoms with Crippen LogP contribution in [0.1, 0.15) is 18.2 Å². The lowest BCUT2D eigenvalue weighted by Crippen LogP contribution is -2.17. The molecule has 0 amide bonds. The number of nitrogens with zero attached hydrogens (tertiary/aromatic N) is 2. The van der Waals surface area contributed by atoms with E-state index in [0.29, 0.717) is 12.1 Å². The van der Waals surface area contributed by atoms with Gasteiger partial charge in [0, 0.05) is 12.1 Å². The molecule has 0 bridgehead atoms. The van der Waals surface area contributed by atoms with E-state index in [9.17, 15) is 13.5 Å². The summed E-state index contributed by atoms with van der Waals surface area (Å²) in [6, 6.07) is 11.2. The molecule has 2 atom stereocenters. The second-order valence-corrected chi connectivity index (χ2v) is 7.34. The first kappa shape index (κ1) is 13.3. The quantitative estimate of drug-likeness (QED) is 0.926. The Bertz CT molecular complexity index is 694. The molecule has 2 unspecified atom stereocenters. The summed E-state index contributed by atoms with van der Waals surface area (Å²) in [5.41, 5.74) is 1.49. The Kier molecular flexibility index (Phi) is 3.35. The van der Waals surface area contributed by atoms with Crippen LogP contribution >= 0.6 is 0 Å². The maximum absolute atomic E-state index is 11.5. The average molecular weight is 292 g/mol. The van der Waals surface area contributed by atoms with E-state index < -0.39 is 15.9 Å². The van der Waals surface area contributed by atoms with Crippen molar-refractivity contribution >= 4 is 9.84 Å². The number of aliphatic hydroxyl groups excluding tert-OH is 1. The maximum atomic E-state index is 11.5. The van der Waals surface area contributed by atoms with Gasteiger partial charge in [-0.25, -0.2) is 13.1 Å². The van der Waals surface area contributed by atoms with E-state index in [1.807, 2.05) is 30.3 Å². The Morgan fingerprint density at radius 1 is 1.25 bits per heavy atom. The van der Waals surface area contributed by atoms with Gasteiger partial charge in [-0.1, -0.05) is 18.2 Å². The summed E-state index contributed by atoms with van der Waals surface area (Å²) in [6.45, 7) is 0. The fraction of sp³-hybridized carbons (Fsp3) is 0.357. The molecule has 2 aromatic rings. The van der Waals surface area contributed by atoms with Crippen LogP contribution in [0.25, 0.3) is 5.69 Å². The van der Waals surface area contributed by atoms with Gasteiger partial charge in [0.25, 0.3) is 0 Å². The minimum absolute atomic E-state index is 0.0497. The molecular formula is C14H16N2O3S. The van der Waals surface area contributed by atoms with E-state index in [1.165, 1.54) is 0 Å². The third kappa shape index (κ3) is 2.48. The van der Waals surface area contributed by atoms with Gasteiger partial charge in [0.15, 0.2) is 9.84 Å². The number of aromatic nitrogens is 2. The average Bonchev–Trinajstić information content (AvgIpc) is 3.05. The lowest BCUT2D eigenvalue weighted by Gasteiger charge is -2.18. The van der Waals surface area contributed by atoms with E-state index in [2.05, 4.69) is 5.10 Å². The molecule has 3 rings (SSSR count). The number of hydrogen-bond acceptors (Lipinski definition) is 4. The number of sulfone groups is 1. The number of para-hydroxylation sites is 1. The van der Waals surface area contributed by atoms with Crippen molar-refractivity contribution in [3.05, 3.63) is 48.3 Å². The second kappa shape index (κ2) is 5.03. The van der Waals surface area contributed by atoms with Gasteiger partial charge in [0.1, 0.15) is 0 Å². The number of aliphatic hydroxyl groups is 1. The van der Waals surface area contributed by atoms with E-state index in [-0.39, 0.29) is 17.4 Å². The van der Waals surface area contributed by atoms with E-state index >= 15 is 0 Å². The smallest absolute Gasteiger partial charge is 0.150 e. The molecule has 0 aliphatic carbocycles. The van der Waals surface area contributed by atoms with Crippen LogP contribution in [0.4, 0.5) is 0 Å². The monoisotopic (exact) mass is 292 g/mol. The summed E-state index contributed by atoms with van der Waals surface area (Å²) in [4.78, 5) is 0. The van der Waals surface area contributed by atoms with Gasteiger partial charge in [-0.3, -0.25) is 0 Å². The first-order valence-electron chi connectivity index (χ1n) is 6.55. The fourth-order valence-electron chi connectivity index (χ4n) is 2.64. The Morgan fingerprint density at radius 3 is 2.65 bits per heavy atom. The van der Waals surface area contributed by atoms with Crippen LogP contribution in [0, 0.1) is 5.92 Å². The molecule has 6 heteroatoms. The van der Waals surface area contributed by atoms with Crippen molar-refractivity contribution in [2.45, 2.75) is 12.5 Å². The molecule has 1 aliphatic heterocycles. The highest BCUT2D eigenvalue weighted by molar-refractivity contribution is 7.91. The van der Waals surface area contributed by atoms with E-state index in [1.54, 1.807) is 16.9 Å².